The van der Waals surface area contributed by atoms with E-state index in [1.165, 1.54) is 18.2 Å². The van der Waals surface area contributed by atoms with E-state index < -0.39 is 24.3 Å². The van der Waals surface area contributed by atoms with Crippen molar-refractivity contribution in [2.75, 3.05) is 6.54 Å². The van der Waals surface area contributed by atoms with Gasteiger partial charge in [0.15, 0.2) is 0 Å². The van der Waals surface area contributed by atoms with Gasteiger partial charge in [0, 0.05) is 11.6 Å². The maximum absolute atomic E-state index is 11.7. The molecule has 8 heteroatoms. The Hall–Kier alpha value is -2.61. The van der Waals surface area contributed by atoms with E-state index in [2.05, 4.69) is 5.32 Å². The van der Waals surface area contributed by atoms with Crippen molar-refractivity contribution in [1.29, 1.82) is 0 Å². The fourth-order valence-corrected chi connectivity index (χ4v) is 2.56. The van der Waals surface area contributed by atoms with Crippen LogP contribution in [0.5, 0.6) is 0 Å². The number of alkyl carbamates (subject to hydrolysis) is 1. The number of hydrogen-bond acceptors (Lipinski definition) is 5. The van der Waals surface area contributed by atoms with Gasteiger partial charge in [0.1, 0.15) is 18.8 Å². The molecule has 0 aliphatic heterocycles. The number of benzene rings is 2. The summed E-state index contributed by atoms with van der Waals surface area (Å²) in [6, 6.07) is 13.4. The topological polar surface area (TPSA) is 116 Å². The van der Waals surface area contributed by atoms with Crippen LogP contribution in [-0.2, 0) is 22.6 Å². The molecule has 2 aromatic rings. The molecule has 2 atom stereocenters. The first-order valence-corrected chi connectivity index (χ1v) is 8.55. The van der Waals surface area contributed by atoms with Crippen molar-refractivity contribution in [2.45, 2.75) is 25.2 Å². The molecule has 2 aromatic carbocycles. The van der Waals surface area contributed by atoms with E-state index in [0.29, 0.717) is 11.1 Å². The number of aliphatic carboxylic acids is 1. The van der Waals surface area contributed by atoms with Gasteiger partial charge >= 0.3 is 12.1 Å². The smallest absolute Gasteiger partial charge is 0.407 e. The largest absolute Gasteiger partial charge is 0.481 e. The average Bonchev–Trinajstić information content (AvgIpc) is 2.66. The summed E-state index contributed by atoms with van der Waals surface area (Å²) in [6.45, 7) is -0.160. The van der Waals surface area contributed by atoms with Gasteiger partial charge in [0.2, 0.25) is 0 Å². The molecular weight excluding hydrogens is 374 g/mol. The monoisotopic (exact) mass is 393 g/mol. The van der Waals surface area contributed by atoms with Crippen LogP contribution < -0.4 is 5.32 Å². The Morgan fingerprint density at radius 3 is 2.48 bits per heavy atom. The second-order valence-electron chi connectivity index (χ2n) is 5.88. The fourth-order valence-electron chi connectivity index (χ4n) is 2.37. The van der Waals surface area contributed by atoms with Gasteiger partial charge in [-0.25, -0.2) is 4.79 Å². The number of aliphatic hydroxyl groups is 2. The van der Waals surface area contributed by atoms with Crippen molar-refractivity contribution >= 4 is 23.7 Å². The molecule has 0 fully saturated rings. The summed E-state index contributed by atoms with van der Waals surface area (Å²) < 4.78 is 5.02. The molecule has 0 radical (unpaired) electrons. The molecule has 0 aliphatic carbocycles. The first kappa shape index (κ1) is 20.7. The van der Waals surface area contributed by atoms with Crippen LogP contribution >= 0.6 is 11.6 Å². The predicted molar refractivity (Wildman–Crippen MR) is 98.4 cm³/mol. The van der Waals surface area contributed by atoms with Crippen LogP contribution in [0, 0.1) is 0 Å². The van der Waals surface area contributed by atoms with Crippen molar-refractivity contribution in [2.24, 2.45) is 0 Å². The van der Waals surface area contributed by atoms with Gasteiger partial charge in [-0.15, -0.1) is 0 Å². The van der Waals surface area contributed by atoms with Crippen LogP contribution in [-0.4, -0.2) is 40.0 Å². The SMILES string of the molecule is O=C(O)Cc1cc(C(O)C(O)CNC(=O)OCc2ccccc2)ccc1Cl. The maximum Gasteiger partial charge on any atom is 0.407 e. The number of carboxylic acids is 1. The highest BCUT2D eigenvalue weighted by molar-refractivity contribution is 6.31. The van der Waals surface area contributed by atoms with Crippen molar-refractivity contribution in [1.82, 2.24) is 5.32 Å². The van der Waals surface area contributed by atoms with Gasteiger partial charge in [-0.05, 0) is 22.8 Å². The van der Waals surface area contributed by atoms with Crippen LogP contribution in [0.25, 0.3) is 0 Å². The summed E-state index contributed by atoms with van der Waals surface area (Å²) in [5.41, 5.74) is 1.44. The molecule has 0 spiro atoms. The lowest BCUT2D eigenvalue weighted by Gasteiger charge is -2.19. The second-order valence-corrected chi connectivity index (χ2v) is 6.28. The van der Waals surface area contributed by atoms with Crippen LogP contribution in [0.2, 0.25) is 5.02 Å². The Bertz CT molecular complexity index is 783. The highest BCUT2D eigenvalue weighted by Crippen LogP contribution is 2.24. The van der Waals surface area contributed by atoms with Crippen LogP contribution in [0.3, 0.4) is 0 Å². The number of carbonyl (C=O) groups excluding carboxylic acids is 1. The minimum atomic E-state index is -1.33. The van der Waals surface area contributed by atoms with Crippen molar-refractivity contribution in [3.8, 4) is 0 Å². The summed E-state index contributed by atoms with van der Waals surface area (Å²) in [5.74, 6) is -1.06. The summed E-state index contributed by atoms with van der Waals surface area (Å²) in [5, 5.41) is 31.8. The van der Waals surface area contributed by atoms with Crippen LogP contribution in [0.4, 0.5) is 4.79 Å². The number of amides is 1. The highest BCUT2D eigenvalue weighted by Gasteiger charge is 2.21. The van der Waals surface area contributed by atoms with Gasteiger partial charge in [0.05, 0.1) is 6.42 Å². The molecule has 0 heterocycles. The lowest BCUT2D eigenvalue weighted by Crippen LogP contribution is -2.35. The van der Waals surface area contributed by atoms with Gasteiger partial charge < -0.3 is 25.4 Å². The summed E-state index contributed by atoms with van der Waals surface area (Å²) in [7, 11) is 0. The molecule has 0 aliphatic rings. The van der Waals surface area contributed by atoms with Gasteiger partial charge in [-0.3, -0.25) is 4.79 Å². The van der Waals surface area contributed by atoms with E-state index in [4.69, 9.17) is 21.4 Å². The van der Waals surface area contributed by atoms with E-state index >= 15 is 0 Å². The Labute approximate surface area is 161 Å². The minimum absolute atomic E-state index is 0.0844. The summed E-state index contributed by atoms with van der Waals surface area (Å²) in [6.07, 6.45) is -3.68. The molecule has 2 rings (SSSR count). The Balaban J connectivity index is 1.86. The van der Waals surface area contributed by atoms with E-state index in [0.717, 1.165) is 5.56 Å². The standard InChI is InChI=1S/C19H20ClNO6/c20-15-7-6-13(8-14(15)9-17(23)24)18(25)16(22)10-21-19(26)27-11-12-4-2-1-3-5-12/h1-8,16,18,22,25H,9-11H2,(H,21,26)(H,23,24). The van der Waals surface area contributed by atoms with Crippen molar-refractivity contribution in [3.05, 3.63) is 70.2 Å². The zero-order chi connectivity index (χ0) is 19.8. The number of hydrogen-bond donors (Lipinski definition) is 4. The molecule has 0 bridgehead atoms. The van der Waals surface area contributed by atoms with Crippen LogP contribution in [0.15, 0.2) is 48.5 Å². The number of nitrogens with one attached hydrogen (secondary N) is 1. The lowest BCUT2D eigenvalue weighted by atomic mass is 10.0. The average molecular weight is 394 g/mol. The molecule has 144 valence electrons. The third-order valence-corrected chi connectivity index (χ3v) is 4.15. The molecule has 0 aromatic heterocycles. The van der Waals surface area contributed by atoms with Crippen LogP contribution in [0.1, 0.15) is 22.8 Å². The minimum Gasteiger partial charge on any atom is -0.481 e. The van der Waals surface area contributed by atoms with Gasteiger partial charge in [0.25, 0.3) is 0 Å². The third kappa shape index (κ3) is 6.56. The zero-order valence-corrected chi connectivity index (χ0v) is 15.1. The van der Waals surface area contributed by atoms with Gasteiger partial charge in [-0.1, -0.05) is 54.1 Å². The molecule has 2 unspecified atom stereocenters. The number of carboxylic acid groups (broad SMARTS) is 1. The summed E-state index contributed by atoms with van der Waals surface area (Å²) >= 11 is 5.93. The number of halogens is 1. The normalized spacial score (nSPS) is 12.9. The number of ether oxygens (including phenoxy) is 1. The van der Waals surface area contributed by atoms with Gasteiger partial charge in [-0.2, -0.15) is 0 Å². The van der Waals surface area contributed by atoms with E-state index in [-0.39, 0.29) is 24.6 Å². The molecule has 1 amide bonds. The Morgan fingerprint density at radius 2 is 1.81 bits per heavy atom. The predicted octanol–water partition coefficient (Wildman–Crippen LogP) is 2.29. The van der Waals surface area contributed by atoms with Crippen molar-refractivity contribution in [3.63, 3.8) is 0 Å². The molecule has 0 saturated carbocycles. The first-order chi connectivity index (χ1) is 12.9. The van der Waals surface area contributed by atoms with E-state index in [1.54, 1.807) is 12.1 Å². The molecular formula is C19H20ClNO6. The second kappa shape index (κ2) is 9.91. The Kier molecular flexibility index (Phi) is 7.60. The zero-order valence-electron chi connectivity index (χ0n) is 14.3. The Morgan fingerprint density at radius 1 is 1.11 bits per heavy atom. The number of carbonyl (C=O) groups is 2. The quantitative estimate of drug-likeness (QED) is 0.546. The number of rotatable bonds is 8. The molecule has 4 N–H and O–H groups in total. The van der Waals surface area contributed by atoms with E-state index in [9.17, 15) is 19.8 Å². The lowest BCUT2D eigenvalue weighted by molar-refractivity contribution is -0.136. The summed E-state index contributed by atoms with van der Waals surface area (Å²) in [4.78, 5) is 22.5. The molecule has 27 heavy (non-hydrogen) atoms. The molecule has 0 saturated heterocycles. The first-order valence-electron chi connectivity index (χ1n) is 8.17. The third-order valence-electron chi connectivity index (χ3n) is 3.79. The number of aliphatic hydroxyl groups excluding tert-OH is 2. The van der Waals surface area contributed by atoms with Crippen molar-refractivity contribution < 1.29 is 29.6 Å². The molecule has 7 nitrogen and oxygen atoms in total. The fraction of sp³-hybridized carbons (Fsp3) is 0.263. The maximum atomic E-state index is 11.7. The highest BCUT2D eigenvalue weighted by atomic mass is 35.5. The van der Waals surface area contributed by atoms with E-state index in [1.807, 2.05) is 18.2 Å².